The van der Waals surface area contributed by atoms with Gasteiger partial charge in [-0.15, -0.1) is 0 Å². The van der Waals surface area contributed by atoms with E-state index in [1.165, 1.54) is 5.56 Å². The van der Waals surface area contributed by atoms with Gasteiger partial charge in [-0.05, 0) is 44.0 Å². The van der Waals surface area contributed by atoms with E-state index < -0.39 is 0 Å². The Morgan fingerprint density at radius 2 is 2.06 bits per heavy atom. The molecule has 0 aliphatic carbocycles. The van der Waals surface area contributed by atoms with Crippen molar-refractivity contribution >= 4 is 0 Å². The Bertz CT molecular complexity index is 339. The number of benzene rings is 1. The third kappa shape index (κ3) is 4.27. The fraction of sp³-hybridized carbons (Fsp3) is 0.571. The van der Waals surface area contributed by atoms with Crippen molar-refractivity contribution in [2.45, 2.75) is 39.2 Å². The van der Waals surface area contributed by atoms with Crippen molar-refractivity contribution in [2.75, 3.05) is 13.7 Å². The van der Waals surface area contributed by atoms with Gasteiger partial charge in [-0.1, -0.05) is 19.4 Å². The summed E-state index contributed by atoms with van der Waals surface area (Å²) in [5.41, 5.74) is 6.75. The maximum atomic E-state index is 5.90. The molecule has 0 fully saturated rings. The van der Waals surface area contributed by atoms with Gasteiger partial charge in [0.25, 0.3) is 0 Å². The Labute approximate surface area is 104 Å². The second-order valence-electron chi connectivity index (χ2n) is 4.24. The molecule has 1 atom stereocenters. The highest BCUT2D eigenvalue weighted by Gasteiger charge is 2.09. The molecular weight excluding hydrogens is 214 g/mol. The van der Waals surface area contributed by atoms with Crippen molar-refractivity contribution in [2.24, 2.45) is 5.73 Å². The van der Waals surface area contributed by atoms with E-state index in [1.807, 2.05) is 18.2 Å². The maximum Gasteiger partial charge on any atom is 0.161 e. The van der Waals surface area contributed by atoms with Crippen LogP contribution in [0.1, 0.15) is 32.3 Å². The minimum absolute atomic E-state index is 0.210. The van der Waals surface area contributed by atoms with E-state index in [2.05, 4.69) is 13.8 Å². The summed E-state index contributed by atoms with van der Waals surface area (Å²) in [5.74, 6) is 1.60. The zero-order chi connectivity index (χ0) is 12.7. The molecule has 2 N–H and O–H groups in total. The lowest BCUT2D eigenvalue weighted by Crippen LogP contribution is -2.12. The van der Waals surface area contributed by atoms with Crippen LogP contribution >= 0.6 is 0 Å². The molecule has 0 bridgehead atoms. The number of methoxy groups -OCH3 is 1. The summed E-state index contributed by atoms with van der Waals surface area (Å²) < 4.78 is 11.2. The van der Waals surface area contributed by atoms with E-state index in [4.69, 9.17) is 15.2 Å². The number of nitrogens with two attached hydrogens (primary N) is 1. The zero-order valence-corrected chi connectivity index (χ0v) is 11.0. The first kappa shape index (κ1) is 13.8. The lowest BCUT2D eigenvalue weighted by molar-refractivity contribution is 0.200. The van der Waals surface area contributed by atoms with Gasteiger partial charge in [-0.2, -0.15) is 0 Å². The predicted octanol–water partition coefficient (Wildman–Crippen LogP) is 2.76. The normalized spacial score (nSPS) is 12.2. The SMILES string of the molecule is CCCC(C)Oc1cc(CCN)ccc1OC. The van der Waals surface area contributed by atoms with Crippen LogP contribution in [0, 0.1) is 0 Å². The Morgan fingerprint density at radius 1 is 1.29 bits per heavy atom. The Hall–Kier alpha value is -1.22. The molecule has 1 rings (SSSR count). The van der Waals surface area contributed by atoms with Crippen LogP contribution in [0.2, 0.25) is 0 Å². The highest BCUT2D eigenvalue weighted by molar-refractivity contribution is 5.43. The first-order valence-corrected chi connectivity index (χ1v) is 6.24. The maximum absolute atomic E-state index is 5.90. The Balaban J connectivity index is 2.81. The molecule has 1 aromatic carbocycles. The topological polar surface area (TPSA) is 44.5 Å². The third-order valence-corrected chi connectivity index (χ3v) is 2.68. The van der Waals surface area contributed by atoms with Crippen LogP contribution < -0.4 is 15.2 Å². The second kappa shape index (κ2) is 7.17. The zero-order valence-electron chi connectivity index (χ0n) is 11.0. The van der Waals surface area contributed by atoms with Gasteiger partial charge in [0, 0.05) is 0 Å². The lowest BCUT2D eigenvalue weighted by Gasteiger charge is -2.17. The van der Waals surface area contributed by atoms with Crippen LogP contribution in [0.15, 0.2) is 18.2 Å². The molecule has 0 aliphatic heterocycles. The molecule has 17 heavy (non-hydrogen) atoms. The number of ether oxygens (including phenoxy) is 2. The van der Waals surface area contributed by atoms with Crippen molar-refractivity contribution in [3.63, 3.8) is 0 Å². The molecule has 1 aromatic rings. The van der Waals surface area contributed by atoms with Gasteiger partial charge in [0.2, 0.25) is 0 Å². The van der Waals surface area contributed by atoms with Gasteiger partial charge >= 0.3 is 0 Å². The van der Waals surface area contributed by atoms with E-state index in [0.29, 0.717) is 6.54 Å². The van der Waals surface area contributed by atoms with E-state index >= 15 is 0 Å². The molecule has 0 saturated heterocycles. The van der Waals surface area contributed by atoms with Crippen LogP contribution in [0.3, 0.4) is 0 Å². The lowest BCUT2D eigenvalue weighted by atomic mass is 10.1. The van der Waals surface area contributed by atoms with Gasteiger partial charge in [0.15, 0.2) is 11.5 Å². The number of hydrogen-bond acceptors (Lipinski definition) is 3. The summed E-state index contributed by atoms with van der Waals surface area (Å²) in [7, 11) is 1.66. The van der Waals surface area contributed by atoms with E-state index in [0.717, 1.165) is 30.8 Å². The molecular formula is C14H23NO2. The highest BCUT2D eigenvalue weighted by atomic mass is 16.5. The van der Waals surface area contributed by atoms with Crippen molar-refractivity contribution in [3.8, 4) is 11.5 Å². The van der Waals surface area contributed by atoms with Crippen molar-refractivity contribution in [1.29, 1.82) is 0 Å². The second-order valence-corrected chi connectivity index (χ2v) is 4.24. The smallest absolute Gasteiger partial charge is 0.161 e. The summed E-state index contributed by atoms with van der Waals surface area (Å²) in [6.45, 7) is 4.89. The van der Waals surface area contributed by atoms with Gasteiger partial charge in [-0.25, -0.2) is 0 Å². The summed E-state index contributed by atoms with van der Waals surface area (Å²) in [6.07, 6.45) is 3.24. The first-order valence-electron chi connectivity index (χ1n) is 6.24. The molecule has 0 aliphatic rings. The summed E-state index contributed by atoms with van der Waals surface area (Å²) in [6, 6.07) is 6.00. The summed E-state index contributed by atoms with van der Waals surface area (Å²) in [5, 5.41) is 0. The minimum Gasteiger partial charge on any atom is -0.493 e. The molecule has 0 saturated carbocycles. The standard InChI is InChI=1S/C14H23NO2/c1-4-5-11(2)17-14-10-12(8-9-15)6-7-13(14)16-3/h6-7,10-11H,4-5,8-9,15H2,1-3H3. The molecule has 0 radical (unpaired) electrons. The van der Waals surface area contributed by atoms with Gasteiger partial charge in [-0.3, -0.25) is 0 Å². The van der Waals surface area contributed by atoms with Crippen molar-refractivity contribution in [3.05, 3.63) is 23.8 Å². The minimum atomic E-state index is 0.210. The van der Waals surface area contributed by atoms with E-state index in [1.54, 1.807) is 7.11 Å². The monoisotopic (exact) mass is 237 g/mol. The first-order chi connectivity index (χ1) is 8.21. The Morgan fingerprint density at radius 3 is 2.65 bits per heavy atom. The molecule has 1 unspecified atom stereocenters. The van der Waals surface area contributed by atoms with Crippen LogP contribution in [0.25, 0.3) is 0 Å². The number of hydrogen-bond donors (Lipinski definition) is 1. The fourth-order valence-corrected chi connectivity index (χ4v) is 1.82. The molecule has 3 nitrogen and oxygen atoms in total. The van der Waals surface area contributed by atoms with E-state index in [9.17, 15) is 0 Å². The average Bonchev–Trinajstić information content (AvgIpc) is 2.30. The largest absolute Gasteiger partial charge is 0.493 e. The van der Waals surface area contributed by atoms with Crippen LogP contribution in [-0.2, 0) is 6.42 Å². The molecule has 0 spiro atoms. The third-order valence-electron chi connectivity index (χ3n) is 2.68. The molecule has 0 heterocycles. The predicted molar refractivity (Wildman–Crippen MR) is 70.8 cm³/mol. The molecule has 3 heteroatoms. The van der Waals surface area contributed by atoms with Crippen molar-refractivity contribution in [1.82, 2.24) is 0 Å². The Kier molecular flexibility index (Phi) is 5.84. The van der Waals surface area contributed by atoms with Crippen LogP contribution in [-0.4, -0.2) is 19.8 Å². The molecule has 0 aromatic heterocycles. The highest BCUT2D eigenvalue weighted by Crippen LogP contribution is 2.29. The summed E-state index contributed by atoms with van der Waals surface area (Å²) >= 11 is 0. The van der Waals surface area contributed by atoms with Crippen LogP contribution in [0.4, 0.5) is 0 Å². The van der Waals surface area contributed by atoms with Gasteiger partial charge < -0.3 is 15.2 Å². The quantitative estimate of drug-likeness (QED) is 0.793. The van der Waals surface area contributed by atoms with Crippen LogP contribution in [0.5, 0.6) is 11.5 Å². The van der Waals surface area contributed by atoms with E-state index in [-0.39, 0.29) is 6.10 Å². The van der Waals surface area contributed by atoms with Crippen molar-refractivity contribution < 1.29 is 9.47 Å². The summed E-state index contributed by atoms with van der Waals surface area (Å²) in [4.78, 5) is 0. The fourth-order valence-electron chi connectivity index (χ4n) is 1.82. The average molecular weight is 237 g/mol. The molecule has 96 valence electrons. The van der Waals surface area contributed by atoms with Gasteiger partial charge in [0.05, 0.1) is 13.2 Å². The van der Waals surface area contributed by atoms with Gasteiger partial charge in [0.1, 0.15) is 0 Å². The number of rotatable bonds is 7. The molecule has 0 amide bonds.